The zero-order valence-electron chi connectivity index (χ0n) is 10.7. The van der Waals surface area contributed by atoms with Gasteiger partial charge in [-0.1, -0.05) is 24.3 Å². The quantitative estimate of drug-likeness (QED) is 0.821. The number of aryl methyl sites for hydroxylation is 2. The molecule has 1 aromatic carbocycles. The third-order valence-corrected chi connectivity index (χ3v) is 3.84. The summed E-state index contributed by atoms with van der Waals surface area (Å²) in [6, 6.07) is 10.0. The van der Waals surface area contributed by atoms with Crippen molar-refractivity contribution in [3.05, 3.63) is 51.7 Å². The summed E-state index contributed by atoms with van der Waals surface area (Å²) in [5.41, 5.74) is 3.59. The number of thiophene rings is 1. The van der Waals surface area contributed by atoms with Crippen LogP contribution in [0, 0.1) is 13.8 Å². The van der Waals surface area contributed by atoms with Gasteiger partial charge in [-0.05, 0) is 36.4 Å². The van der Waals surface area contributed by atoms with Crippen molar-refractivity contribution in [1.82, 2.24) is 0 Å². The van der Waals surface area contributed by atoms with Crippen LogP contribution < -0.4 is 5.32 Å². The number of para-hydroxylation sites is 1. The van der Waals surface area contributed by atoms with Crippen LogP contribution >= 0.6 is 11.3 Å². The van der Waals surface area contributed by atoms with E-state index in [1.165, 1.54) is 22.5 Å². The van der Waals surface area contributed by atoms with Crippen LogP contribution in [0.5, 0.6) is 0 Å². The van der Waals surface area contributed by atoms with Gasteiger partial charge in [-0.25, -0.2) is 0 Å². The van der Waals surface area contributed by atoms with Gasteiger partial charge in [0.15, 0.2) is 5.78 Å². The highest BCUT2D eigenvalue weighted by Crippen LogP contribution is 2.19. The van der Waals surface area contributed by atoms with Gasteiger partial charge in [0, 0.05) is 18.7 Å². The van der Waals surface area contributed by atoms with Crippen molar-refractivity contribution in [3.63, 3.8) is 0 Å². The minimum absolute atomic E-state index is 0.212. The molecular weight excluding hydrogens is 242 g/mol. The molecule has 0 fully saturated rings. The van der Waals surface area contributed by atoms with Gasteiger partial charge in [0.25, 0.3) is 0 Å². The second-order valence-electron chi connectivity index (χ2n) is 4.34. The highest BCUT2D eigenvalue weighted by molar-refractivity contribution is 7.12. The highest BCUT2D eigenvalue weighted by atomic mass is 32.1. The first-order chi connectivity index (χ1) is 8.68. The van der Waals surface area contributed by atoms with Gasteiger partial charge in [-0.2, -0.15) is 0 Å². The number of hydrogen-bond acceptors (Lipinski definition) is 3. The fourth-order valence-corrected chi connectivity index (χ4v) is 2.65. The van der Waals surface area contributed by atoms with Crippen LogP contribution in [0.3, 0.4) is 0 Å². The van der Waals surface area contributed by atoms with Crippen molar-refractivity contribution in [1.29, 1.82) is 0 Å². The molecule has 2 rings (SSSR count). The maximum absolute atomic E-state index is 11.8. The van der Waals surface area contributed by atoms with Crippen LogP contribution in [0.15, 0.2) is 35.7 Å². The van der Waals surface area contributed by atoms with E-state index in [-0.39, 0.29) is 5.78 Å². The average Bonchev–Trinajstić information content (AvgIpc) is 2.86. The monoisotopic (exact) mass is 259 g/mol. The zero-order valence-corrected chi connectivity index (χ0v) is 11.5. The zero-order chi connectivity index (χ0) is 13.0. The standard InChI is InChI=1S/C15H17NOS/c1-11-5-3-6-12(2)15(11)16-9-8-13(17)14-7-4-10-18-14/h3-7,10,16H,8-9H2,1-2H3. The third kappa shape index (κ3) is 2.99. The summed E-state index contributed by atoms with van der Waals surface area (Å²) in [4.78, 5) is 12.7. The molecule has 0 atom stereocenters. The summed E-state index contributed by atoms with van der Waals surface area (Å²) in [5.74, 6) is 0.212. The summed E-state index contributed by atoms with van der Waals surface area (Å²) in [6.45, 7) is 4.84. The molecular formula is C15H17NOS. The number of ketones is 1. The molecule has 94 valence electrons. The molecule has 3 heteroatoms. The molecule has 0 radical (unpaired) electrons. The van der Waals surface area contributed by atoms with Gasteiger partial charge in [0.05, 0.1) is 4.88 Å². The fraction of sp³-hybridized carbons (Fsp3) is 0.267. The summed E-state index contributed by atoms with van der Waals surface area (Å²) < 4.78 is 0. The SMILES string of the molecule is Cc1cccc(C)c1NCCC(=O)c1cccs1. The minimum Gasteiger partial charge on any atom is -0.384 e. The minimum atomic E-state index is 0.212. The van der Waals surface area contributed by atoms with Crippen molar-refractivity contribution in [2.75, 3.05) is 11.9 Å². The molecule has 18 heavy (non-hydrogen) atoms. The summed E-state index contributed by atoms with van der Waals surface area (Å²) in [6.07, 6.45) is 0.536. The number of hydrogen-bond donors (Lipinski definition) is 1. The van der Waals surface area contributed by atoms with Crippen LogP contribution in [0.25, 0.3) is 0 Å². The first kappa shape index (κ1) is 12.8. The van der Waals surface area contributed by atoms with Gasteiger partial charge in [0.2, 0.25) is 0 Å². The maximum Gasteiger partial charge on any atom is 0.174 e. The number of nitrogens with one attached hydrogen (secondary N) is 1. The number of anilines is 1. The Morgan fingerprint density at radius 2 is 1.89 bits per heavy atom. The van der Waals surface area contributed by atoms with Crippen molar-refractivity contribution in [2.45, 2.75) is 20.3 Å². The molecule has 0 aliphatic rings. The molecule has 0 unspecified atom stereocenters. The topological polar surface area (TPSA) is 29.1 Å². The molecule has 0 bridgehead atoms. The van der Waals surface area contributed by atoms with Gasteiger partial charge in [-0.15, -0.1) is 11.3 Å². The van der Waals surface area contributed by atoms with Crippen LogP contribution in [0.4, 0.5) is 5.69 Å². The smallest absolute Gasteiger partial charge is 0.174 e. The predicted octanol–water partition coefficient (Wildman–Crippen LogP) is 4.05. The number of carbonyl (C=O) groups excluding carboxylic acids is 1. The Labute approximate surface area is 112 Å². The largest absolute Gasteiger partial charge is 0.384 e. The van der Waals surface area contributed by atoms with E-state index in [0.717, 1.165) is 10.6 Å². The Morgan fingerprint density at radius 1 is 1.17 bits per heavy atom. The average molecular weight is 259 g/mol. The van der Waals surface area contributed by atoms with Gasteiger partial charge < -0.3 is 5.32 Å². The molecule has 2 nitrogen and oxygen atoms in total. The van der Waals surface area contributed by atoms with Crippen molar-refractivity contribution in [2.24, 2.45) is 0 Å². The van der Waals surface area contributed by atoms with E-state index in [4.69, 9.17) is 0 Å². The van der Waals surface area contributed by atoms with Gasteiger partial charge in [0.1, 0.15) is 0 Å². The molecule has 1 aromatic heterocycles. The number of benzene rings is 1. The second kappa shape index (κ2) is 5.83. The van der Waals surface area contributed by atoms with E-state index < -0.39 is 0 Å². The lowest BCUT2D eigenvalue weighted by molar-refractivity contribution is 0.0990. The summed E-state index contributed by atoms with van der Waals surface area (Å²) >= 11 is 1.51. The van der Waals surface area contributed by atoms with E-state index in [1.54, 1.807) is 0 Å². The Morgan fingerprint density at radius 3 is 2.50 bits per heavy atom. The van der Waals surface area contributed by atoms with Crippen molar-refractivity contribution >= 4 is 22.8 Å². The predicted molar refractivity (Wildman–Crippen MR) is 77.7 cm³/mol. The number of rotatable bonds is 5. The summed E-state index contributed by atoms with van der Waals surface area (Å²) in [7, 11) is 0. The highest BCUT2D eigenvalue weighted by Gasteiger charge is 2.07. The Balaban J connectivity index is 1.91. The molecule has 1 heterocycles. The van der Waals surface area contributed by atoms with Crippen LogP contribution in [-0.2, 0) is 0 Å². The summed E-state index contributed by atoms with van der Waals surface area (Å²) in [5, 5.41) is 5.29. The number of carbonyl (C=O) groups is 1. The molecule has 1 N–H and O–H groups in total. The maximum atomic E-state index is 11.8. The lowest BCUT2D eigenvalue weighted by atomic mass is 10.1. The van der Waals surface area contributed by atoms with E-state index in [0.29, 0.717) is 13.0 Å². The van der Waals surface area contributed by atoms with Crippen molar-refractivity contribution < 1.29 is 4.79 Å². The van der Waals surface area contributed by atoms with Crippen LogP contribution in [0.2, 0.25) is 0 Å². The molecule has 0 spiro atoms. The Kier molecular flexibility index (Phi) is 4.15. The van der Waals surface area contributed by atoms with E-state index in [2.05, 4.69) is 31.3 Å². The van der Waals surface area contributed by atoms with Gasteiger partial charge in [-0.3, -0.25) is 4.79 Å². The molecule has 0 aliphatic heterocycles. The number of Topliss-reactive ketones (excluding diaryl/α,β-unsaturated/α-hetero) is 1. The lowest BCUT2D eigenvalue weighted by Gasteiger charge is -2.11. The molecule has 2 aromatic rings. The molecule has 0 amide bonds. The molecule has 0 saturated heterocycles. The first-order valence-electron chi connectivity index (χ1n) is 6.05. The first-order valence-corrected chi connectivity index (χ1v) is 6.93. The third-order valence-electron chi connectivity index (χ3n) is 2.93. The van der Waals surface area contributed by atoms with E-state index >= 15 is 0 Å². The Bertz CT molecular complexity index is 511. The van der Waals surface area contributed by atoms with Crippen molar-refractivity contribution in [3.8, 4) is 0 Å². The molecule has 0 saturated carbocycles. The normalized spacial score (nSPS) is 10.3. The van der Waals surface area contributed by atoms with E-state index in [1.807, 2.05) is 23.6 Å². The fourth-order valence-electron chi connectivity index (χ4n) is 1.95. The van der Waals surface area contributed by atoms with Crippen LogP contribution in [0.1, 0.15) is 27.2 Å². The Hall–Kier alpha value is -1.61. The molecule has 0 aliphatic carbocycles. The van der Waals surface area contributed by atoms with Crippen LogP contribution in [-0.4, -0.2) is 12.3 Å². The second-order valence-corrected chi connectivity index (χ2v) is 5.29. The lowest BCUT2D eigenvalue weighted by Crippen LogP contribution is -2.09. The van der Waals surface area contributed by atoms with Gasteiger partial charge >= 0.3 is 0 Å². The van der Waals surface area contributed by atoms with E-state index in [9.17, 15) is 4.79 Å².